The molecule has 1 rings (SSSR count). The van der Waals surface area contributed by atoms with Crippen molar-refractivity contribution in [1.29, 1.82) is 0 Å². The summed E-state index contributed by atoms with van der Waals surface area (Å²) in [5, 5.41) is 0. The van der Waals surface area contributed by atoms with E-state index in [-0.39, 0.29) is 5.82 Å². The van der Waals surface area contributed by atoms with E-state index in [0.29, 0.717) is 5.56 Å². The van der Waals surface area contributed by atoms with Crippen LogP contribution in [0.5, 0.6) is 0 Å². The lowest BCUT2D eigenvalue weighted by Gasteiger charge is -1.88. The van der Waals surface area contributed by atoms with Crippen molar-refractivity contribution in [3.05, 3.63) is 35.6 Å². The Kier molecular flexibility index (Phi) is 1.29. The highest BCUT2D eigenvalue weighted by Gasteiger charge is 1.89. The van der Waals surface area contributed by atoms with E-state index < -0.39 is 0 Å². The van der Waals surface area contributed by atoms with Crippen LogP contribution in [0.1, 0.15) is 5.56 Å². The topological polar surface area (TPSA) is 0 Å². The van der Waals surface area contributed by atoms with Gasteiger partial charge in [0.15, 0.2) is 0 Å². The van der Waals surface area contributed by atoms with Crippen molar-refractivity contribution in [3.63, 3.8) is 0 Å². The molecule has 0 nitrogen and oxygen atoms in total. The first-order chi connectivity index (χ1) is 3.80. The lowest BCUT2D eigenvalue weighted by Crippen LogP contribution is -1.76. The molecule has 0 bridgehead atoms. The van der Waals surface area contributed by atoms with Crippen LogP contribution in [0.2, 0.25) is 0 Å². The van der Waals surface area contributed by atoms with Gasteiger partial charge in [-0.15, -0.1) is 0 Å². The second kappa shape index (κ2) is 1.95. The molecular formula is C7H6F. The van der Waals surface area contributed by atoms with Crippen LogP contribution in [0.4, 0.5) is 4.39 Å². The van der Waals surface area contributed by atoms with E-state index in [1.54, 1.807) is 19.1 Å². The molecule has 0 amide bonds. The van der Waals surface area contributed by atoms with Gasteiger partial charge in [-0.25, -0.2) is 4.39 Å². The zero-order valence-electron chi connectivity index (χ0n) is 4.61. The van der Waals surface area contributed by atoms with Gasteiger partial charge in [-0.1, -0.05) is 12.1 Å². The predicted octanol–water partition coefficient (Wildman–Crippen LogP) is 1.93. The van der Waals surface area contributed by atoms with Crippen LogP contribution in [0.3, 0.4) is 0 Å². The van der Waals surface area contributed by atoms with Gasteiger partial charge >= 0.3 is 0 Å². The molecule has 0 saturated heterocycles. The number of hydrogen-bond acceptors (Lipinski definition) is 0. The lowest BCUT2D eigenvalue weighted by molar-refractivity contribution is 0.618. The average Bonchev–Trinajstić information content (AvgIpc) is 1.77. The second-order valence-electron chi connectivity index (χ2n) is 1.68. The van der Waals surface area contributed by atoms with Gasteiger partial charge in [0.25, 0.3) is 0 Å². The fraction of sp³-hybridized carbons (Fsp3) is 0.143. The third kappa shape index (κ3) is 0.861. The van der Waals surface area contributed by atoms with Crippen molar-refractivity contribution in [1.82, 2.24) is 0 Å². The van der Waals surface area contributed by atoms with Gasteiger partial charge in [0.2, 0.25) is 0 Å². The number of rotatable bonds is 0. The Morgan fingerprint density at radius 1 is 1.62 bits per heavy atom. The van der Waals surface area contributed by atoms with Crippen LogP contribution in [-0.4, -0.2) is 0 Å². The van der Waals surface area contributed by atoms with Gasteiger partial charge < -0.3 is 0 Å². The summed E-state index contributed by atoms with van der Waals surface area (Å²) in [4.78, 5) is 0. The van der Waals surface area contributed by atoms with Gasteiger partial charge in [0, 0.05) is 0 Å². The Morgan fingerprint density at radius 3 is 2.75 bits per heavy atom. The Labute approximate surface area is 48.0 Å². The molecule has 0 fully saturated rings. The van der Waals surface area contributed by atoms with Crippen LogP contribution >= 0.6 is 0 Å². The van der Waals surface area contributed by atoms with E-state index in [2.05, 4.69) is 6.07 Å². The van der Waals surface area contributed by atoms with E-state index in [4.69, 9.17) is 0 Å². The highest BCUT2D eigenvalue weighted by molar-refractivity contribution is 5.13. The van der Waals surface area contributed by atoms with E-state index in [9.17, 15) is 4.39 Å². The fourth-order valence-electron chi connectivity index (χ4n) is 0.488. The van der Waals surface area contributed by atoms with Gasteiger partial charge in [0.05, 0.1) is 0 Å². The molecule has 0 atom stereocenters. The second-order valence-corrected chi connectivity index (χ2v) is 1.68. The highest BCUT2D eigenvalue weighted by atomic mass is 19.1. The van der Waals surface area contributed by atoms with Gasteiger partial charge in [-0.2, -0.15) is 0 Å². The van der Waals surface area contributed by atoms with Crippen molar-refractivity contribution in [2.75, 3.05) is 0 Å². The summed E-state index contributed by atoms with van der Waals surface area (Å²) in [6, 6.07) is 7.34. The van der Waals surface area contributed by atoms with Crippen molar-refractivity contribution in [2.45, 2.75) is 6.92 Å². The van der Waals surface area contributed by atoms with Gasteiger partial charge in [0.1, 0.15) is 5.82 Å². The third-order valence-electron chi connectivity index (χ3n) is 1.02. The molecule has 0 spiro atoms. The fourth-order valence-corrected chi connectivity index (χ4v) is 0.488. The quantitative estimate of drug-likeness (QED) is 0.477. The maximum atomic E-state index is 12.3. The molecule has 0 heterocycles. The molecule has 0 aliphatic heterocycles. The molecular weight excluding hydrogens is 103 g/mol. The maximum absolute atomic E-state index is 12.3. The summed E-state index contributed by atoms with van der Waals surface area (Å²) in [6.07, 6.45) is 0. The van der Waals surface area contributed by atoms with Gasteiger partial charge in [-0.3, -0.25) is 0 Å². The number of aryl methyl sites for hydroxylation is 1. The SMILES string of the molecule is Cc1cc[c]cc1F. The summed E-state index contributed by atoms with van der Waals surface area (Å²) in [5.41, 5.74) is 0.670. The molecule has 1 radical (unpaired) electrons. The van der Waals surface area contributed by atoms with Crippen LogP contribution < -0.4 is 0 Å². The van der Waals surface area contributed by atoms with Crippen LogP contribution in [-0.2, 0) is 0 Å². The average molecular weight is 109 g/mol. The lowest BCUT2D eigenvalue weighted by atomic mass is 10.2. The van der Waals surface area contributed by atoms with Crippen molar-refractivity contribution < 1.29 is 4.39 Å². The van der Waals surface area contributed by atoms with Crippen molar-refractivity contribution >= 4 is 0 Å². The molecule has 0 N–H and O–H groups in total. The first kappa shape index (κ1) is 5.29. The Bertz CT molecular complexity index is 160. The highest BCUT2D eigenvalue weighted by Crippen LogP contribution is 2.01. The monoisotopic (exact) mass is 109 g/mol. The molecule has 0 aromatic heterocycles. The van der Waals surface area contributed by atoms with E-state index in [0.717, 1.165) is 0 Å². The summed E-state index contributed by atoms with van der Waals surface area (Å²) in [6.45, 7) is 1.73. The summed E-state index contributed by atoms with van der Waals surface area (Å²) < 4.78 is 12.3. The minimum Gasteiger partial charge on any atom is -0.207 e. The number of hydrogen-bond donors (Lipinski definition) is 0. The van der Waals surface area contributed by atoms with Crippen LogP contribution in [0.15, 0.2) is 18.2 Å². The summed E-state index contributed by atoms with van der Waals surface area (Å²) >= 11 is 0. The molecule has 0 saturated carbocycles. The molecule has 1 aromatic carbocycles. The molecule has 1 heteroatoms. The van der Waals surface area contributed by atoms with E-state index in [1.165, 1.54) is 6.07 Å². The molecule has 0 aliphatic rings. The smallest absolute Gasteiger partial charge is 0.126 e. The maximum Gasteiger partial charge on any atom is 0.126 e. The molecule has 0 unspecified atom stereocenters. The zero-order chi connectivity index (χ0) is 5.98. The summed E-state index contributed by atoms with van der Waals surface area (Å²) in [5.74, 6) is -0.187. The predicted molar refractivity (Wildman–Crippen MR) is 30.0 cm³/mol. The van der Waals surface area contributed by atoms with Crippen LogP contribution in [0.25, 0.3) is 0 Å². The summed E-state index contributed by atoms with van der Waals surface area (Å²) in [7, 11) is 0. The van der Waals surface area contributed by atoms with Crippen LogP contribution in [0, 0.1) is 18.8 Å². The Morgan fingerprint density at radius 2 is 2.38 bits per heavy atom. The van der Waals surface area contributed by atoms with Crippen molar-refractivity contribution in [3.8, 4) is 0 Å². The Hall–Kier alpha value is -0.850. The third-order valence-corrected chi connectivity index (χ3v) is 1.02. The molecule has 8 heavy (non-hydrogen) atoms. The number of benzene rings is 1. The molecule has 1 aromatic rings. The minimum atomic E-state index is -0.187. The van der Waals surface area contributed by atoms with E-state index >= 15 is 0 Å². The largest absolute Gasteiger partial charge is 0.207 e. The number of halogens is 1. The van der Waals surface area contributed by atoms with Gasteiger partial charge in [-0.05, 0) is 24.6 Å². The first-order valence-electron chi connectivity index (χ1n) is 2.43. The van der Waals surface area contributed by atoms with Crippen molar-refractivity contribution in [2.24, 2.45) is 0 Å². The normalized spacial score (nSPS) is 9.25. The van der Waals surface area contributed by atoms with E-state index in [1.807, 2.05) is 0 Å². The Balaban J connectivity index is 3.13. The molecule has 41 valence electrons. The zero-order valence-corrected chi connectivity index (χ0v) is 4.61. The standard InChI is InChI=1S/C7H6F/c1-6-4-2-3-5-7(6)8/h2,4-5H,1H3. The minimum absolute atomic E-state index is 0.187. The first-order valence-corrected chi connectivity index (χ1v) is 2.43. The molecule has 0 aliphatic carbocycles.